The predicted molar refractivity (Wildman–Crippen MR) is 165 cm³/mol. The summed E-state index contributed by atoms with van der Waals surface area (Å²) in [6.45, 7) is 3.24. The number of fused-ring (bicyclic) bond motifs is 1. The van der Waals surface area contributed by atoms with Crippen LogP contribution < -0.4 is 10.1 Å². The topological polar surface area (TPSA) is 24.3 Å². The lowest BCUT2D eigenvalue weighted by Crippen LogP contribution is -2.54. The van der Waals surface area contributed by atoms with Crippen molar-refractivity contribution in [2.75, 3.05) is 12.4 Å². The van der Waals surface area contributed by atoms with Crippen LogP contribution in [-0.4, -0.2) is 29.0 Å². The monoisotopic (exact) mass is 533 g/mol. The average Bonchev–Trinajstić information content (AvgIpc) is 2.96. The molecule has 1 atom stereocenters. The number of hydrogen-bond acceptors (Lipinski definition) is 2. The molecule has 4 aliphatic carbocycles. The quantitative estimate of drug-likeness (QED) is 0.280. The van der Waals surface area contributed by atoms with Crippen molar-refractivity contribution >= 4 is 11.4 Å². The van der Waals surface area contributed by atoms with Gasteiger partial charge in [-0.2, -0.15) is 0 Å². The van der Waals surface area contributed by atoms with Gasteiger partial charge in [0, 0.05) is 35.2 Å². The highest BCUT2D eigenvalue weighted by molar-refractivity contribution is 6.11. The van der Waals surface area contributed by atoms with E-state index in [0.29, 0.717) is 11.6 Å². The molecule has 0 spiro atoms. The lowest BCUT2D eigenvalue weighted by Gasteiger charge is -2.57. The Morgan fingerprint density at radius 2 is 1.57 bits per heavy atom. The molecule has 3 nitrogen and oxygen atoms in total. The van der Waals surface area contributed by atoms with Gasteiger partial charge in [-0.15, -0.1) is 0 Å². The molecule has 3 heteroatoms. The van der Waals surface area contributed by atoms with Gasteiger partial charge in [-0.05, 0) is 111 Å². The Morgan fingerprint density at radius 3 is 2.23 bits per heavy atom. The van der Waals surface area contributed by atoms with Gasteiger partial charge in [0.1, 0.15) is 5.75 Å². The number of unbranched alkanes of at least 4 members (excludes halogenated alkanes) is 1. The number of benzene rings is 3. The Bertz CT molecular complexity index is 1340. The molecule has 0 radical (unpaired) electrons. The highest BCUT2D eigenvalue weighted by atomic mass is 16.5. The van der Waals surface area contributed by atoms with Crippen molar-refractivity contribution in [3.05, 3.63) is 95.1 Å². The summed E-state index contributed by atoms with van der Waals surface area (Å²) in [7, 11) is 1.78. The first-order valence-electron chi connectivity index (χ1n) is 15.8. The maximum absolute atomic E-state index is 5.66. The van der Waals surface area contributed by atoms with Crippen LogP contribution in [-0.2, 0) is 13.0 Å². The molecule has 3 aromatic rings. The summed E-state index contributed by atoms with van der Waals surface area (Å²) < 4.78 is 8.37. The molecule has 8 rings (SSSR count). The first kappa shape index (κ1) is 25.9. The van der Waals surface area contributed by atoms with Gasteiger partial charge in [0.25, 0.3) is 0 Å². The molecule has 4 bridgehead atoms. The first-order valence-corrected chi connectivity index (χ1v) is 15.8. The molecule has 1 heterocycles. The van der Waals surface area contributed by atoms with Crippen LogP contribution in [0.25, 0.3) is 0 Å². The number of ether oxygens (including phenoxy) is 1. The van der Waals surface area contributed by atoms with Crippen molar-refractivity contribution in [1.29, 1.82) is 0 Å². The Kier molecular flexibility index (Phi) is 6.94. The number of nitrogens with one attached hydrogen (secondary N) is 1. The third-order valence-corrected chi connectivity index (χ3v) is 10.4. The van der Waals surface area contributed by atoms with E-state index in [2.05, 4.69) is 89.6 Å². The second kappa shape index (κ2) is 10.7. The van der Waals surface area contributed by atoms with Gasteiger partial charge in [0.05, 0.1) is 12.7 Å². The second-order valence-electron chi connectivity index (χ2n) is 13.4. The number of methoxy groups -OCH3 is 1. The fraction of sp³-hybridized carbons (Fsp3) is 0.486. The van der Waals surface area contributed by atoms with Crippen LogP contribution in [0.3, 0.4) is 0 Å². The molecule has 1 aliphatic heterocycles. The summed E-state index contributed by atoms with van der Waals surface area (Å²) in [5.74, 6) is 3.82. The summed E-state index contributed by atoms with van der Waals surface area (Å²) in [5.41, 5.74) is 8.46. The molecule has 1 N–H and O–H groups in total. The Balaban J connectivity index is 1.26. The lowest BCUT2D eigenvalue weighted by atomic mass is 9.53. The van der Waals surface area contributed by atoms with Gasteiger partial charge in [-0.1, -0.05) is 43.7 Å². The van der Waals surface area contributed by atoms with E-state index in [9.17, 15) is 0 Å². The van der Waals surface area contributed by atoms with Crippen LogP contribution in [0.5, 0.6) is 5.75 Å². The highest BCUT2D eigenvalue weighted by Gasteiger charge is 2.50. The van der Waals surface area contributed by atoms with E-state index in [1.54, 1.807) is 7.11 Å². The van der Waals surface area contributed by atoms with Gasteiger partial charge in [-0.25, -0.2) is 4.58 Å². The molecule has 4 fully saturated rings. The molecule has 0 saturated heterocycles. The summed E-state index contributed by atoms with van der Waals surface area (Å²) in [6, 6.07) is 27.7. The third-order valence-electron chi connectivity index (χ3n) is 10.4. The molecule has 5 aliphatic rings. The first-order chi connectivity index (χ1) is 19.6. The fourth-order valence-corrected chi connectivity index (χ4v) is 9.09. The summed E-state index contributed by atoms with van der Waals surface area (Å²) in [6.07, 6.45) is 13.3. The zero-order chi connectivity index (χ0) is 27.1. The van der Waals surface area contributed by atoms with Crippen molar-refractivity contribution in [2.45, 2.75) is 89.3 Å². The van der Waals surface area contributed by atoms with Gasteiger partial charge in [-0.3, -0.25) is 0 Å². The van der Waals surface area contributed by atoms with Crippen molar-refractivity contribution in [1.82, 2.24) is 0 Å². The van der Waals surface area contributed by atoms with E-state index in [4.69, 9.17) is 4.74 Å². The number of anilines is 1. The number of nitrogens with zero attached hydrogens (tertiary/aromatic N) is 1. The van der Waals surface area contributed by atoms with Gasteiger partial charge >= 0.3 is 0 Å². The molecule has 0 unspecified atom stereocenters. The van der Waals surface area contributed by atoms with Gasteiger partial charge in [0.15, 0.2) is 12.6 Å². The van der Waals surface area contributed by atoms with Crippen molar-refractivity contribution in [3.63, 3.8) is 0 Å². The molecule has 208 valence electrons. The van der Waals surface area contributed by atoms with Gasteiger partial charge < -0.3 is 10.1 Å². The minimum Gasteiger partial charge on any atom is -0.497 e. The molecular formula is C37H45N2O+. The molecular weight excluding hydrogens is 488 g/mol. The largest absolute Gasteiger partial charge is 0.497 e. The predicted octanol–water partition coefficient (Wildman–Crippen LogP) is 8.24. The molecule has 3 aromatic carbocycles. The summed E-state index contributed by atoms with van der Waals surface area (Å²) in [5, 5.41) is 4.10. The van der Waals surface area contributed by atoms with E-state index < -0.39 is 0 Å². The summed E-state index contributed by atoms with van der Waals surface area (Å²) >= 11 is 0. The van der Waals surface area contributed by atoms with Crippen LogP contribution >= 0.6 is 0 Å². The smallest absolute Gasteiger partial charge is 0.215 e. The highest BCUT2D eigenvalue weighted by Crippen LogP contribution is 2.56. The van der Waals surface area contributed by atoms with Crippen LogP contribution in [0.1, 0.15) is 87.0 Å². The van der Waals surface area contributed by atoms with Crippen LogP contribution in [0.15, 0.2) is 72.8 Å². The maximum atomic E-state index is 5.66. The van der Waals surface area contributed by atoms with E-state index >= 15 is 0 Å². The SMILES string of the molecule is CCCC[C@H]1Cc2cc(OC)ccc2C(c2ccc(NC34CC5CC(CC(C5)C3)C4)cc2)=[N+]1Cc1ccccc1. The molecule has 0 amide bonds. The van der Waals surface area contributed by atoms with Crippen molar-refractivity contribution < 1.29 is 9.31 Å². The van der Waals surface area contributed by atoms with E-state index in [0.717, 1.165) is 36.5 Å². The Hall–Kier alpha value is -3.07. The maximum Gasteiger partial charge on any atom is 0.215 e. The van der Waals surface area contributed by atoms with Crippen LogP contribution in [0.4, 0.5) is 5.69 Å². The molecule has 0 aromatic heterocycles. The lowest BCUT2D eigenvalue weighted by molar-refractivity contribution is -0.583. The standard InChI is InChI=1S/C37H44N2O/c1-3-4-10-33-20-31-21-34(40-2)15-16-35(31)36(39(33)25-26-8-6-5-7-9-26)30-11-13-32(14-12-30)38-37-22-27-17-28(23-37)19-29(18-27)24-37/h5-9,11-16,21,27-29,33H,3-4,10,17-20,22-25H2,1-2H3/p+1/t27?,28?,29?,33-,37?/m0/s1. The van der Waals surface area contributed by atoms with E-state index in [1.807, 2.05) is 0 Å². The molecule has 40 heavy (non-hydrogen) atoms. The number of rotatable bonds is 9. The van der Waals surface area contributed by atoms with Crippen LogP contribution in [0.2, 0.25) is 0 Å². The minimum absolute atomic E-state index is 0.335. The van der Waals surface area contributed by atoms with Crippen molar-refractivity contribution in [2.24, 2.45) is 17.8 Å². The average molecular weight is 534 g/mol. The third kappa shape index (κ3) is 4.97. The summed E-state index contributed by atoms with van der Waals surface area (Å²) in [4.78, 5) is 0. The zero-order valence-electron chi connectivity index (χ0n) is 24.4. The zero-order valence-corrected chi connectivity index (χ0v) is 24.4. The van der Waals surface area contributed by atoms with E-state index in [1.165, 1.54) is 91.4 Å². The Morgan fingerprint density at radius 1 is 0.875 bits per heavy atom. The van der Waals surface area contributed by atoms with Crippen LogP contribution in [0, 0.1) is 17.8 Å². The number of hydrogen-bond donors (Lipinski definition) is 1. The molecule has 4 saturated carbocycles. The second-order valence-corrected chi connectivity index (χ2v) is 13.4. The van der Waals surface area contributed by atoms with Gasteiger partial charge in [0.2, 0.25) is 5.71 Å². The minimum atomic E-state index is 0.335. The fourth-order valence-electron chi connectivity index (χ4n) is 9.09. The van der Waals surface area contributed by atoms with E-state index in [-0.39, 0.29) is 0 Å². The normalized spacial score (nSPS) is 28.4. The van der Waals surface area contributed by atoms with Crippen molar-refractivity contribution in [3.8, 4) is 5.75 Å². The Labute approximate surface area is 240 Å².